The van der Waals surface area contributed by atoms with Gasteiger partial charge in [0.1, 0.15) is 11.4 Å². The van der Waals surface area contributed by atoms with Crippen LogP contribution in [0.4, 0.5) is 20.6 Å². The van der Waals surface area contributed by atoms with E-state index in [1.165, 1.54) is 12.1 Å². The molecule has 0 heterocycles. The maximum atomic E-state index is 12.8. The van der Waals surface area contributed by atoms with Crippen LogP contribution in [0.2, 0.25) is 0 Å². The minimum absolute atomic E-state index is 0.222. The zero-order valence-electron chi connectivity index (χ0n) is 14.2. The predicted octanol–water partition coefficient (Wildman–Crippen LogP) is 4.83. The number of hydrogen-bond donors (Lipinski definition) is 2. The Morgan fingerprint density at radius 2 is 1.58 bits per heavy atom. The Labute approximate surface area is 142 Å². The molecule has 0 atom stereocenters. The number of carbonyl (C=O) groups excluding carboxylic acids is 1. The number of ether oxygens (including phenoxy) is 1. The maximum absolute atomic E-state index is 12.8. The largest absolute Gasteiger partial charge is 0.444 e. The number of nitrogens with one attached hydrogen (secondary N) is 2. The van der Waals surface area contributed by atoms with Gasteiger partial charge in [0.05, 0.1) is 0 Å². The second kappa shape index (κ2) is 7.81. The Kier molecular flexibility index (Phi) is 5.79. The first-order valence-corrected chi connectivity index (χ1v) is 7.90. The highest BCUT2D eigenvalue weighted by Gasteiger charge is 2.15. The SMILES string of the molecule is CC(C)(C)OC(=O)Nc1ccc(NCCc2ccc(F)cc2)cc1. The van der Waals surface area contributed by atoms with E-state index in [-0.39, 0.29) is 5.82 Å². The Morgan fingerprint density at radius 3 is 2.17 bits per heavy atom. The molecular formula is C19H23FN2O2. The van der Waals surface area contributed by atoms with Crippen LogP contribution in [0.25, 0.3) is 0 Å². The first-order chi connectivity index (χ1) is 11.3. The van der Waals surface area contributed by atoms with Gasteiger partial charge in [-0.15, -0.1) is 0 Å². The maximum Gasteiger partial charge on any atom is 0.412 e. The molecule has 2 N–H and O–H groups in total. The average Bonchev–Trinajstić information content (AvgIpc) is 2.49. The van der Waals surface area contributed by atoms with E-state index >= 15 is 0 Å². The molecule has 0 aliphatic heterocycles. The monoisotopic (exact) mass is 330 g/mol. The van der Waals surface area contributed by atoms with Crippen molar-refractivity contribution in [3.05, 3.63) is 59.9 Å². The Hall–Kier alpha value is -2.56. The van der Waals surface area contributed by atoms with Gasteiger partial charge in [0, 0.05) is 17.9 Å². The molecule has 128 valence electrons. The molecule has 0 aliphatic rings. The van der Waals surface area contributed by atoms with Crippen molar-refractivity contribution >= 4 is 17.5 Å². The predicted molar refractivity (Wildman–Crippen MR) is 94.9 cm³/mol. The second-order valence-corrected chi connectivity index (χ2v) is 6.51. The number of anilines is 2. The lowest BCUT2D eigenvalue weighted by molar-refractivity contribution is 0.0636. The van der Waals surface area contributed by atoms with Gasteiger partial charge in [0.15, 0.2) is 0 Å². The summed E-state index contributed by atoms with van der Waals surface area (Å²) in [6, 6.07) is 13.9. The van der Waals surface area contributed by atoms with E-state index in [1.807, 2.05) is 45.0 Å². The number of hydrogen-bond acceptors (Lipinski definition) is 3. The van der Waals surface area contributed by atoms with E-state index in [1.54, 1.807) is 12.1 Å². The Morgan fingerprint density at radius 1 is 1.00 bits per heavy atom. The van der Waals surface area contributed by atoms with Gasteiger partial charge in [-0.05, 0) is 69.2 Å². The van der Waals surface area contributed by atoms with Crippen molar-refractivity contribution in [2.75, 3.05) is 17.2 Å². The topological polar surface area (TPSA) is 50.4 Å². The van der Waals surface area contributed by atoms with Crippen molar-refractivity contribution in [3.8, 4) is 0 Å². The highest BCUT2D eigenvalue weighted by molar-refractivity contribution is 5.85. The third-order valence-corrected chi connectivity index (χ3v) is 3.19. The lowest BCUT2D eigenvalue weighted by Crippen LogP contribution is -2.27. The van der Waals surface area contributed by atoms with Gasteiger partial charge >= 0.3 is 6.09 Å². The molecular weight excluding hydrogens is 307 g/mol. The molecule has 2 aromatic carbocycles. The summed E-state index contributed by atoms with van der Waals surface area (Å²) in [5, 5.41) is 5.98. The van der Waals surface area contributed by atoms with E-state index in [4.69, 9.17) is 4.74 Å². The number of benzene rings is 2. The van der Waals surface area contributed by atoms with Crippen molar-refractivity contribution in [1.29, 1.82) is 0 Å². The first kappa shape index (κ1) is 17.8. The highest BCUT2D eigenvalue weighted by atomic mass is 19.1. The zero-order chi connectivity index (χ0) is 17.6. The van der Waals surface area contributed by atoms with Crippen LogP contribution < -0.4 is 10.6 Å². The molecule has 0 saturated heterocycles. The number of amides is 1. The molecule has 0 aliphatic carbocycles. The Bertz CT molecular complexity index is 661. The fraction of sp³-hybridized carbons (Fsp3) is 0.316. The van der Waals surface area contributed by atoms with Crippen molar-refractivity contribution in [2.45, 2.75) is 32.8 Å². The molecule has 0 saturated carbocycles. The van der Waals surface area contributed by atoms with E-state index < -0.39 is 11.7 Å². The molecule has 2 rings (SSSR count). The second-order valence-electron chi connectivity index (χ2n) is 6.51. The summed E-state index contributed by atoms with van der Waals surface area (Å²) in [6.07, 6.45) is 0.331. The van der Waals surface area contributed by atoms with Gasteiger partial charge in [-0.25, -0.2) is 9.18 Å². The summed E-state index contributed by atoms with van der Waals surface area (Å²) in [7, 11) is 0. The summed E-state index contributed by atoms with van der Waals surface area (Å²) in [5.74, 6) is -0.222. The molecule has 5 heteroatoms. The normalized spacial score (nSPS) is 11.0. The minimum atomic E-state index is -0.522. The van der Waals surface area contributed by atoms with Gasteiger partial charge in [0.2, 0.25) is 0 Å². The lowest BCUT2D eigenvalue weighted by atomic mass is 10.1. The van der Waals surface area contributed by atoms with Crippen LogP contribution in [0.1, 0.15) is 26.3 Å². The molecule has 0 aromatic heterocycles. The molecule has 0 spiro atoms. The van der Waals surface area contributed by atoms with E-state index in [0.29, 0.717) is 5.69 Å². The highest BCUT2D eigenvalue weighted by Crippen LogP contribution is 2.15. The van der Waals surface area contributed by atoms with Gasteiger partial charge in [0.25, 0.3) is 0 Å². The van der Waals surface area contributed by atoms with Crippen LogP contribution in [0.3, 0.4) is 0 Å². The average molecular weight is 330 g/mol. The van der Waals surface area contributed by atoms with E-state index in [9.17, 15) is 9.18 Å². The molecule has 0 fully saturated rings. The van der Waals surface area contributed by atoms with Crippen molar-refractivity contribution in [1.82, 2.24) is 0 Å². The summed E-state index contributed by atoms with van der Waals surface area (Å²) in [5.41, 5.74) is 2.18. The van der Waals surface area contributed by atoms with Gasteiger partial charge in [-0.3, -0.25) is 5.32 Å². The lowest BCUT2D eigenvalue weighted by Gasteiger charge is -2.19. The van der Waals surface area contributed by atoms with Crippen LogP contribution in [-0.4, -0.2) is 18.2 Å². The van der Waals surface area contributed by atoms with Crippen LogP contribution in [0.15, 0.2) is 48.5 Å². The fourth-order valence-corrected chi connectivity index (χ4v) is 2.10. The number of halogens is 1. The molecule has 4 nitrogen and oxygen atoms in total. The third kappa shape index (κ3) is 6.28. The quantitative estimate of drug-likeness (QED) is 0.826. The summed E-state index contributed by atoms with van der Waals surface area (Å²) < 4.78 is 18.0. The zero-order valence-corrected chi connectivity index (χ0v) is 14.2. The van der Waals surface area contributed by atoms with Crippen LogP contribution in [0, 0.1) is 5.82 Å². The summed E-state index contributed by atoms with van der Waals surface area (Å²) in [6.45, 7) is 6.20. The molecule has 2 aromatic rings. The van der Waals surface area contributed by atoms with Crippen molar-refractivity contribution in [3.63, 3.8) is 0 Å². The van der Waals surface area contributed by atoms with E-state index in [0.717, 1.165) is 24.2 Å². The summed E-state index contributed by atoms with van der Waals surface area (Å²) >= 11 is 0. The molecule has 0 radical (unpaired) electrons. The molecule has 24 heavy (non-hydrogen) atoms. The third-order valence-electron chi connectivity index (χ3n) is 3.19. The first-order valence-electron chi connectivity index (χ1n) is 7.90. The minimum Gasteiger partial charge on any atom is -0.444 e. The summed E-state index contributed by atoms with van der Waals surface area (Å²) in [4.78, 5) is 11.7. The van der Waals surface area contributed by atoms with E-state index in [2.05, 4.69) is 10.6 Å². The molecule has 1 amide bonds. The fourth-order valence-electron chi connectivity index (χ4n) is 2.10. The van der Waals surface area contributed by atoms with Gasteiger partial charge in [-0.1, -0.05) is 12.1 Å². The molecule has 0 bridgehead atoms. The van der Waals surface area contributed by atoms with Crippen molar-refractivity contribution in [2.24, 2.45) is 0 Å². The van der Waals surface area contributed by atoms with Gasteiger partial charge < -0.3 is 10.1 Å². The smallest absolute Gasteiger partial charge is 0.412 e. The van der Waals surface area contributed by atoms with Crippen LogP contribution in [-0.2, 0) is 11.2 Å². The standard InChI is InChI=1S/C19H23FN2O2/c1-19(2,3)24-18(23)22-17-10-8-16(9-11-17)21-13-12-14-4-6-15(20)7-5-14/h4-11,21H,12-13H2,1-3H3,(H,22,23). The molecule has 0 unspecified atom stereocenters. The van der Waals surface area contributed by atoms with Crippen LogP contribution in [0.5, 0.6) is 0 Å². The number of carbonyl (C=O) groups is 1. The van der Waals surface area contributed by atoms with Gasteiger partial charge in [-0.2, -0.15) is 0 Å². The van der Waals surface area contributed by atoms with Crippen LogP contribution >= 0.6 is 0 Å². The Balaban J connectivity index is 1.79. The number of rotatable bonds is 5. The van der Waals surface area contributed by atoms with Crippen molar-refractivity contribution < 1.29 is 13.9 Å².